The lowest BCUT2D eigenvalue weighted by atomic mass is 9.83. The quantitative estimate of drug-likeness (QED) is 0.638. The van der Waals surface area contributed by atoms with Gasteiger partial charge in [-0.3, -0.25) is 11.3 Å². The van der Waals surface area contributed by atoms with Crippen LogP contribution in [0.2, 0.25) is 0 Å². The Balaban J connectivity index is 2.23. The molecular weight excluding hydrogens is 321 g/mol. The van der Waals surface area contributed by atoms with Crippen LogP contribution in [0.25, 0.3) is 0 Å². The Morgan fingerprint density at radius 3 is 2.50 bits per heavy atom. The van der Waals surface area contributed by atoms with Gasteiger partial charge in [0.1, 0.15) is 5.82 Å². The highest BCUT2D eigenvalue weighted by Gasteiger charge is 2.42. The SMILES string of the molecule is CN(C)C1(C(Cc2cc(F)cc(Br)c2)NN)CCCC1. The number of hydrogen-bond acceptors (Lipinski definition) is 3. The lowest BCUT2D eigenvalue weighted by molar-refractivity contribution is 0.104. The van der Waals surface area contributed by atoms with Crippen molar-refractivity contribution in [1.82, 2.24) is 10.3 Å². The van der Waals surface area contributed by atoms with Crippen LogP contribution < -0.4 is 11.3 Å². The van der Waals surface area contributed by atoms with Crippen LogP contribution in [0.1, 0.15) is 31.2 Å². The lowest BCUT2D eigenvalue weighted by Crippen LogP contribution is -2.60. The number of hydrazine groups is 1. The Kier molecular flexibility index (Phi) is 5.18. The van der Waals surface area contributed by atoms with E-state index in [0.29, 0.717) is 0 Å². The van der Waals surface area contributed by atoms with E-state index in [0.717, 1.165) is 29.3 Å². The van der Waals surface area contributed by atoms with Crippen molar-refractivity contribution in [3.05, 3.63) is 34.1 Å². The molecule has 1 aliphatic rings. The highest BCUT2D eigenvalue weighted by atomic mass is 79.9. The van der Waals surface area contributed by atoms with Crippen molar-refractivity contribution < 1.29 is 4.39 Å². The second-order valence-corrected chi connectivity index (χ2v) is 6.82. The number of rotatable bonds is 5. The minimum absolute atomic E-state index is 0.0630. The average Bonchev–Trinajstić information content (AvgIpc) is 2.85. The van der Waals surface area contributed by atoms with Gasteiger partial charge in [0, 0.05) is 16.1 Å². The predicted octanol–water partition coefficient (Wildman–Crippen LogP) is 2.84. The van der Waals surface area contributed by atoms with Crippen molar-refractivity contribution >= 4 is 15.9 Å². The highest BCUT2D eigenvalue weighted by molar-refractivity contribution is 9.10. The van der Waals surface area contributed by atoms with Crippen molar-refractivity contribution in [1.29, 1.82) is 0 Å². The molecule has 0 amide bonds. The fourth-order valence-corrected chi connectivity index (χ4v) is 3.98. The maximum Gasteiger partial charge on any atom is 0.124 e. The molecule has 1 fully saturated rings. The zero-order valence-electron chi connectivity index (χ0n) is 12.1. The van der Waals surface area contributed by atoms with Gasteiger partial charge in [-0.1, -0.05) is 28.8 Å². The summed E-state index contributed by atoms with van der Waals surface area (Å²) in [5.41, 5.74) is 4.00. The summed E-state index contributed by atoms with van der Waals surface area (Å²) in [6.45, 7) is 0. The number of nitrogens with one attached hydrogen (secondary N) is 1. The first-order chi connectivity index (χ1) is 9.48. The maximum absolute atomic E-state index is 13.5. The van der Waals surface area contributed by atoms with E-state index in [4.69, 9.17) is 5.84 Å². The number of halogens is 2. The molecule has 0 aromatic heterocycles. The molecule has 5 heteroatoms. The minimum atomic E-state index is -0.213. The summed E-state index contributed by atoms with van der Waals surface area (Å²) in [7, 11) is 4.22. The third kappa shape index (κ3) is 3.22. The average molecular weight is 344 g/mol. The van der Waals surface area contributed by atoms with Crippen LogP contribution in [0.3, 0.4) is 0 Å². The Labute approximate surface area is 128 Å². The Hall–Kier alpha value is -0.490. The molecule has 1 atom stereocenters. The molecule has 2 rings (SSSR count). The minimum Gasteiger partial charge on any atom is -0.302 e. The molecule has 1 aromatic rings. The molecule has 1 saturated carbocycles. The molecular formula is C15H23BrFN3. The normalized spacial score (nSPS) is 19.5. The van der Waals surface area contributed by atoms with Crippen LogP contribution in [0.4, 0.5) is 4.39 Å². The van der Waals surface area contributed by atoms with Crippen LogP contribution in [0.5, 0.6) is 0 Å². The number of benzene rings is 1. The van der Waals surface area contributed by atoms with E-state index >= 15 is 0 Å². The zero-order valence-corrected chi connectivity index (χ0v) is 13.7. The van der Waals surface area contributed by atoms with Crippen LogP contribution >= 0.6 is 15.9 Å². The van der Waals surface area contributed by atoms with Crippen molar-refractivity contribution in [2.45, 2.75) is 43.7 Å². The highest BCUT2D eigenvalue weighted by Crippen LogP contribution is 2.37. The topological polar surface area (TPSA) is 41.3 Å². The van der Waals surface area contributed by atoms with Crippen molar-refractivity contribution in [3.8, 4) is 0 Å². The fraction of sp³-hybridized carbons (Fsp3) is 0.600. The van der Waals surface area contributed by atoms with Gasteiger partial charge in [-0.15, -0.1) is 0 Å². The van der Waals surface area contributed by atoms with E-state index in [1.165, 1.54) is 18.9 Å². The summed E-state index contributed by atoms with van der Waals surface area (Å²) in [5.74, 6) is 5.60. The molecule has 1 aromatic carbocycles. The molecule has 3 nitrogen and oxygen atoms in total. The van der Waals surface area contributed by atoms with Crippen molar-refractivity contribution in [2.24, 2.45) is 5.84 Å². The van der Waals surface area contributed by atoms with Gasteiger partial charge in [-0.2, -0.15) is 0 Å². The smallest absolute Gasteiger partial charge is 0.124 e. The Morgan fingerprint density at radius 2 is 2.00 bits per heavy atom. The fourth-order valence-electron chi connectivity index (χ4n) is 3.46. The summed E-state index contributed by atoms with van der Waals surface area (Å²) in [5, 5.41) is 0. The van der Waals surface area contributed by atoms with Gasteiger partial charge in [0.15, 0.2) is 0 Å². The van der Waals surface area contributed by atoms with Gasteiger partial charge < -0.3 is 4.90 Å². The van der Waals surface area contributed by atoms with Gasteiger partial charge in [0.25, 0.3) is 0 Å². The summed E-state index contributed by atoms with van der Waals surface area (Å²) in [6, 6.07) is 5.15. The summed E-state index contributed by atoms with van der Waals surface area (Å²) in [6.07, 6.45) is 5.44. The number of nitrogens with zero attached hydrogens (tertiary/aromatic N) is 1. The van der Waals surface area contributed by atoms with Crippen LogP contribution in [0.15, 0.2) is 22.7 Å². The molecule has 20 heavy (non-hydrogen) atoms. The molecule has 1 aliphatic carbocycles. The van der Waals surface area contributed by atoms with E-state index in [1.807, 2.05) is 6.07 Å². The predicted molar refractivity (Wildman–Crippen MR) is 83.8 cm³/mol. The van der Waals surface area contributed by atoms with Gasteiger partial charge in [0.05, 0.1) is 0 Å². The second kappa shape index (κ2) is 6.52. The first kappa shape index (κ1) is 15.9. The standard InChI is InChI=1S/C15H23BrFN3/c1-20(2)15(5-3-4-6-15)14(19-18)9-11-7-12(16)10-13(17)8-11/h7-8,10,14,19H,3-6,9,18H2,1-2H3. The third-order valence-electron chi connectivity index (χ3n) is 4.57. The van der Waals surface area contributed by atoms with Crippen LogP contribution in [0, 0.1) is 5.82 Å². The summed E-state index contributed by atoms with van der Waals surface area (Å²) in [4.78, 5) is 2.28. The van der Waals surface area contributed by atoms with Gasteiger partial charge in [0.2, 0.25) is 0 Å². The Bertz CT molecular complexity index is 438. The van der Waals surface area contributed by atoms with Crippen molar-refractivity contribution in [2.75, 3.05) is 14.1 Å². The number of likely N-dealkylation sites (N-methyl/N-ethyl adjacent to an activating group) is 1. The molecule has 112 valence electrons. The first-order valence-corrected chi connectivity index (χ1v) is 7.86. The first-order valence-electron chi connectivity index (χ1n) is 7.06. The van der Waals surface area contributed by atoms with Gasteiger partial charge in [-0.05, 0) is 57.1 Å². The molecule has 0 spiro atoms. The van der Waals surface area contributed by atoms with Crippen LogP contribution in [-0.4, -0.2) is 30.6 Å². The van der Waals surface area contributed by atoms with Crippen LogP contribution in [-0.2, 0) is 6.42 Å². The van der Waals surface area contributed by atoms with Gasteiger partial charge in [-0.25, -0.2) is 4.39 Å². The maximum atomic E-state index is 13.5. The molecule has 0 saturated heterocycles. The lowest BCUT2D eigenvalue weighted by Gasteiger charge is -2.43. The summed E-state index contributed by atoms with van der Waals surface area (Å²) < 4.78 is 14.3. The van der Waals surface area contributed by atoms with E-state index in [1.54, 1.807) is 6.07 Å². The molecule has 0 bridgehead atoms. The Morgan fingerprint density at radius 1 is 1.35 bits per heavy atom. The van der Waals surface area contributed by atoms with Gasteiger partial charge >= 0.3 is 0 Å². The van der Waals surface area contributed by atoms with E-state index in [9.17, 15) is 4.39 Å². The second-order valence-electron chi connectivity index (χ2n) is 5.91. The van der Waals surface area contributed by atoms with E-state index < -0.39 is 0 Å². The van der Waals surface area contributed by atoms with E-state index in [-0.39, 0.29) is 17.4 Å². The van der Waals surface area contributed by atoms with E-state index in [2.05, 4.69) is 40.4 Å². The van der Waals surface area contributed by atoms with Crippen molar-refractivity contribution in [3.63, 3.8) is 0 Å². The summed E-state index contributed by atoms with van der Waals surface area (Å²) >= 11 is 3.35. The number of hydrogen-bond donors (Lipinski definition) is 2. The molecule has 0 radical (unpaired) electrons. The number of nitrogens with two attached hydrogens (primary N) is 1. The third-order valence-corrected chi connectivity index (χ3v) is 5.03. The molecule has 1 unspecified atom stereocenters. The zero-order chi connectivity index (χ0) is 14.8. The monoisotopic (exact) mass is 343 g/mol. The molecule has 0 heterocycles. The molecule has 3 N–H and O–H groups in total. The molecule has 0 aliphatic heterocycles. The largest absolute Gasteiger partial charge is 0.302 e.